The SMILES string of the molecule is Cc1csc(CN(C)C(=O)[C@@H](N)CCCNC(N)=O)n1. The molecule has 1 rings (SSSR count). The van der Waals surface area contributed by atoms with Crippen LogP contribution in [0.15, 0.2) is 5.38 Å². The van der Waals surface area contributed by atoms with E-state index in [4.69, 9.17) is 11.5 Å². The number of carbonyl (C=O) groups is 2. The molecule has 0 aliphatic carbocycles. The second-order valence-electron chi connectivity index (χ2n) is 4.62. The second kappa shape index (κ2) is 7.81. The summed E-state index contributed by atoms with van der Waals surface area (Å²) in [5.41, 5.74) is 11.7. The fraction of sp³-hybridized carbons (Fsp3) is 0.583. The van der Waals surface area contributed by atoms with E-state index in [1.54, 1.807) is 11.9 Å². The molecule has 1 aromatic heterocycles. The van der Waals surface area contributed by atoms with Crippen molar-refractivity contribution in [1.29, 1.82) is 0 Å². The van der Waals surface area contributed by atoms with Gasteiger partial charge in [-0.25, -0.2) is 9.78 Å². The summed E-state index contributed by atoms with van der Waals surface area (Å²) in [7, 11) is 1.71. The number of hydrogen-bond acceptors (Lipinski definition) is 5. The maximum atomic E-state index is 12.0. The van der Waals surface area contributed by atoms with Crippen molar-refractivity contribution in [3.63, 3.8) is 0 Å². The highest BCUT2D eigenvalue weighted by Gasteiger charge is 2.18. The molecule has 1 atom stereocenters. The molecule has 0 bridgehead atoms. The number of aromatic nitrogens is 1. The third kappa shape index (κ3) is 5.54. The number of rotatable bonds is 7. The molecule has 0 aromatic carbocycles. The molecule has 8 heteroatoms. The molecule has 0 saturated heterocycles. The molecule has 0 fully saturated rings. The predicted molar refractivity (Wildman–Crippen MR) is 78.1 cm³/mol. The molecule has 0 aliphatic heterocycles. The predicted octanol–water partition coefficient (Wildman–Crippen LogP) is 0.186. The molecule has 0 spiro atoms. The van der Waals surface area contributed by atoms with E-state index in [1.807, 2.05) is 12.3 Å². The van der Waals surface area contributed by atoms with Crippen molar-refractivity contribution in [1.82, 2.24) is 15.2 Å². The molecule has 0 aliphatic rings. The Bertz CT molecular complexity index is 462. The summed E-state index contributed by atoms with van der Waals surface area (Å²) in [5.74, 6) is -0.128. The second-order valence-corrected chi connectivity index (χ2v) is 5.56. The van der Waals surface area contributed by atoms with Crippen LogP contribution in [-0.2, 0) is 11.3 Å². The summed E-state index contributed by atoms with van der Waals surface area (Å²) < 4.78 is 0. The third-order valence-corrected chi connectivity index (χ3v) is 3.67. The first-order chi connectivity index (χ1) is 9.40. The topological polar surface area (TPSA) is 114 Å². The van der Waals surface area contributed by atoms with Crippen molar-refractivity contribution in [2.24, 2.45) is 11.5 Å². The van der Waals surface area contributed by atoms with Crippen molar-refractivity contribution in [2.75, 3.05) is 13.6 Å². The Morgan fingerprint density at radius 3 is 2.80 bits per heavy atom. The molecule has 7 nitrogen and oxygen atoms in total. The molecule has 0 radical (unpaired) electrons. The van der Waals surface area contributed by atoms with Gasteiger partial charge in [-0.3, -0.25) is 4.79 Å². The van der Waals surface area contributed by atoms with E-state index < -0.39 is 12.1 Å². The molecule has 0 unspecified atom stereocenters. The van der Waals surface area contributed by atoms with Gasteiger partial charge in [0.1, 0.15) is 5.01 Å². The van der Waals surface area contributed by atoms with Crippen LogP contribution in [0.1, 0.15) is 23.5 Å². The first kappa shape index (κ1) is 16.4. The average Bonchev–Trinajstić information content (AvgIpc) is 2.78. The first-order valence-corrected chi connectivity index (χ1v) is 7.23. The number of thiazole rings is 1. The van der Waals surface area contributed by atoms with Crippen molar-refractivity contribution < 1.29 is 9.59 Å². The summed E-state index contributed by atoms with van der Waals surface area (Å²) in [4.78, 5) is 28.4. The molecule has 3 amide bonds. The van der Waals surface area contributed by atoms with E-state index in [0.29, 0.717) is 25.9 Å². The molecule has 5 N–H and O–H groups in total. The van der Waals surface area contributed by atoms with Crippen LogP contribution in [0.3, 0.4) is 0 Å². The number of carbonyl (C=O) groups excluding carboxylic acids is 2. The number of likely N-dealkylation sites (N-methyl/N-ethyl adjacent to an activating group) is 1. The van der Waals surface area contributed by atoms with Crippen LogP contribution in [0, 0.1) is 6.92 Å². The lowest BCUT2D eigenvalue weighted by molar-refractivity contribution is -0.132. The van der Waals surface area contributed by atoms with E-state index in [0.717, 1.165) is 10.7 Å². The normalized spacial score (nSPS) is 11.9. The maximum absolute atomic E-state index is 12.0. The van der Waals surface area contributed by atoms with Gasteiger partial charge in [-0.1, -0.05) is 0 Å². The van der Waals surface area contributed by atoms with E-state index >= 15 is 0 Å². The summed E-state index contributed by atoms with van der Waals surface area (Å²) >= 11 is 1.52. The van der Waals surface area contributed by atoms with Gasteiger partial charge >= 0.3 is 6.03 Å². The minimum atomic E-state index is -0.573. The van der Waals surface area contributed by atoms with Crippen LogP contribution in [0.25, 0.3) is 0 Å². The van der Waals surface area contributed by atoms with Crippen LogP contribution in [-0.4, -0.2) is 41.5 Å². The highest BCUT2D eigenvalue weighted by molar-refractivity contribution is 7.09. The molecule has 20 heavy (non-hydrogen) atoms. The van der Waals surface area contributed by atoms with Gasteiger partial charge in [0.25, 0.3) is 0 Å². The Morgan fingerprint density at radius 2 is 2.25 bits per heavy atom. The molecule has 112 valence electrons. The summed E-state index contributed by atoms with van der Waals surface area (Å²) in [5, 5.41) is 5.30. The smallest absolute Gasteiger partial charge is 0.312 e. The van der Waals surface area contributed by atoms with Gasteiger partial charge in [0.15, 0.2) is 0 Å². The number of nitrogens with one attached hydrogen (secondary N) is 1. The van der Waals surface area contributed by atoms with Gasteiger partial charge in [0.05, 0.1) is 12.6 Å². The summed E-state index contributed by atoms with van der Waals surface area (Å²) in [6.45, 7) is 2.80. The minimum absolute atomic E-state index is 0.128. The van der Waals surface area contributed by atoms with E-state index in [2.05, 4.69) is 10.3 Å². The number of primary amides is 1. The van der Waals surface area contributed by atoms with Crippen LogP contribution in [0.2, 0.25) is 0 Å². The highest BCUT2D eigenvalue weighted by Crippen LogP contribution is 2.11. The fourth-order valence-corrected chi connectivity index (χ4v) is 2.52. The van der Waals surface area contributed by atoms with Gasteiger partial charge in [-0.15, -0.1) is 11.3 Å². The Kier molecular flexibility index (Phi) is 6.40. The number of nitrogens with zero attached hydrogens (tertiary/aromatic N) is 2. The largest absolute Gasteiger partial charge is 0.352 e. The van der Waals surface area contributed by atoms with Crippen LogP contribution >= 0.6 is 11.3 Å². The van der Waals surface area contributed by atoms with Gasteiger partial charge < -0.3 is 21.7 Å². The fourth-order valence-electron chi connectivity index (χ4n) is 1.70. The highest BCUT2D eigenvalue weighted by atomic mass is 32.1. The maximum Gasteiger partial charge on any atom is 0.312 e. The van der Waals surface area contributed by atoms with Crippen molar-refractivity contribution in [3.05, 3.63) is 16.1 Å². The number of urea groups is 1. The van der Waals surface area contributed by atoms with Crippen molar-refractivity contribution in [3.8, 4) is 0 Å². The lowest BCUT2D eigenvalue weighted by Gasteiger charge is -2.20. The quantitative estimate of drug-likeness (QED) is 0.623. The van der Waals surface area contributed by atoms with Gasteiger partial charge in [0, 0.05) is 24.7 Å². The number of nitrogens with two attached hydrogens (primary N) is 2. The standard InChI is InChI=1S/C12H21N5O2S/c1-8-7-20-10(16-8)6-17(2)11(18)9(13)4-3-5-15-12(14)19/h7,9H,3-6,13H2,1-2H3,(H3,14,15,19)/t9-/m0/s1. The Labute approximate surface area is 122 Å². The van der Waals surface area contributed by atoms with E-state index in [9.17, 15) is 9.59 Å². The van der Waals surface area contributed by atoms with Crippen molar-refractivity contribution >= 4 is 23.3 Å². The van der Waals surface area contributed by atoms with Crippen LogP contribution in [0.4, 0.5) is 4.79 Å². The van der Waals surface area contributed by atoms with Gasteiger partial charge in [-0.05, 0) is 19.8 Å². The molecule has 1 aromatic rings. The lowest BCUT2D eigenvalue weighted by Crippen LogP contribution is -2.42. The Morgan fingerprint density at radius 1 is 1.55 bits per heavy atom. The molecule has 1 heterocycles. The van der Waals surface area contributed by atoms with Gasteiger partial charge in [-0.2, -0.15) is 0 Å². The zero-order valence-corrected chi connectivity index (χ0v) is 12.6. The van der Waals surface area contributed by atoms with Crippen LogP contribution < -0.4 is 16.8 Å². The molecular weight excluding hydrogens is 278 g/mol. The van der Waals surface area contributed by atoms with E-state index in [-0.39, 0.29) is 5.91 Å². The Hall–Kier alpha value is -1.67. The minimum Gasteiger partial charge on any atom is -0.352 e. The van der Waals surface area contributed by atoms with Crippen LogP contribution in [0.5, 0.6) is 0 Å². The number of aryl methyl sites for hydroxylation is 1. The number of amides is 3. The monoisotopic (exact) mass is 299 g/mol. The van der Waals surface area contributed by atoms with Crippen molar-refractivity contribution in [2.45, 2.75) is 32.4 Å². The van der Waals surface area contributed by atoms with E-state index in [1.165, 1.54) is 11.3 Å². The first-order valence-electron chi connectivity index (χ1n) is 6.35. The zero-order valence-electron chi connectivity index (χ0n) is 11.8. The summed E-state index contributed by atoms with van der Waals surface area (Å²) in [6, 6.07) is -1.14. The molecule has 0 saturated carbocycles. The zero-order chi connectivity index (χ0) is 15.1. The average molecular weight is 299 g/mol. The molecular formula is C12H21N5O2S. The third-order valence-electron chi connectivity index (χ3n) is 2.72. The number of hydrogen-bond donors (Lipinski definition) is 3. The Balaban J connectivity index is 2.33. The van der Waals surface area contributed by atoms with Gasteiger partial charge in [0.2, 0.25) is 5.91 Å². The lowest BCUT2D eigenvalue weighted by atomic mass is 10.1. The summed E-state index contributed by atoms with van der Waals surface area (Å²) in [6.07, 6.45) is 1.11.